The molecular formula is C21H30BrN3. The highest BCUT2D eigenvalue weighted by Crippen LogP contribution is 2.17. The van der Waals surface area contributed by atoms with E-state index in [1.54, 1.807) is 0 Å². The van der Waals surface area contributed by atoms with Gasteiger partial charge in [-0.25, -0.2) is 4.98 Å². The van der Waals surface area contributed by atoms with Gasteiger partial charge in [-0.3, -0.25) is 4.98 Å². The Balaban J connectivity index is 1.59. The molecule has 0 atom stereocenters. The van der Waals surface area contributed by atoms with Crippen LogP contribution in [0.3, 0.4) is 0 Å². The van der Waals surface area contributed by atoms with E-state index in [2.05, 4.69) is 44.2 Å². The summed E-state index contributed by atoms with van der Waals surface area (Å²) in [4.78, 5) is 8.97. The predicted molar refractivity (Wildman–Crippen MR) is 109 cm³/mol. The molecule has 0 aromatic carbocycles. The first-order chi connectivity index (χ1) is 12.3. The van der Waals surface area contributed by atoms with Crippen LogP contribution in [0.5, 0.6) is 0 Å². The first kappa shape index (κ1) is 20.1. The van der Waals surface area contributed by atoms with Gasteiger partial charge in [0.2, 0.25) is 0 Å². The molecule has 0 radical (unpaired) electrons. The lowest BCUT2D eigenvalue weighted by Crippen LogP contribution is -2.14. The summed E-state index contributed by atoms with van der Waals surface area (Å²) < 4.78 is 0.836. The number of hydrogen-bond acceptors (Lipinski definition) is 3. The lowest BCUT2D eigenvalue weighted by Gasteiger charge is -2.06. The minimum absolute atomic E-state index is 0.836. The van der Waals surface area contributed by atoms with Crippen LogP contribution in [-0.4, -0.2) is 16.5 Å². The van der Waals surface area contributed by atoms with E-state index >= 15 is 0 Å². The van der Waals surface area contributed by atoms with Crippen molar-refractivity contribution in [2.24, 2.45) is 0 Å². The molecule has 0 aliphatic carbocycles. The molecule has 0 bridgehead atoms. The monoisotopic (exact) mass is 403 g/mol. The molecule has 3 nitrogen and oxygen atoms in total. The maximum absolute atomic E-state index is 4.53. The lowest BCUT2D eigenvalue weighted by atomic mass is 10.1. The average molecular weight is 404 g/mol. The summed E-state index contributed by atoms with van der Waals surface area (Å²) in [7, 11) is 0. The van der Waals surface area contributed by atoms with E-state index in [4.69, 9.17) is 0 Å². The zero-order chi connectivity index (χ0) is 17.7. The maximum Gasteiger partial charge on any atom is 0.106 e. The molecule has 2 heterocycles. The minimum Gasteiger partial charge on any atom is -0.313 e. The minimum atomic E-state index is 0.836. The quantitative estimate of drug-likeness (QED) is 0.341. The zero-order valence-corrected chi connectivity index (χ0v) is 16.9. The van der Waals surface area contributed by atoms with Crippen molar-refractivity contribution >= 4 is 15.9 Å². The number of unbranched alkanes of at least 4 members (excludes halogenated alkanes) is 7. The summed E-state index contributed by atoms with van der Waals surface area (Å²) in [5.41, 5.74) is 3.03. The number of halogens is 1. The lowest BCUT2D eigenvalue weighted by molar-refractivity contribution is 0.555. The van der Waals surface area contributed by atoms with Crippen LogP contribution in [0.25, 0.3) is 11.4 Å². The van der Waals surface area contributed by atoms with Crippen molar-refractivity contribution in [3.63, 3.8) is 0 Å². The smallest absolute Gasteiger partial charge is 0.106 e. The number of hydrogen-bond donors (Lipinski definition) is 1. The van der Waals surface area contributed by atoms with Crippen molar-refractivity contribution in [3.8, 4) is 11.4 Å². The van der Waals surface area contributed by atoms with E-state index in [0.717, 1.165) is 29.1 Å². The summed E-state index contributed by atoms with van der Waals surface area (Å²) in [6, 6.07) is 10.1. The summed E-state index contributed by atoms with van der Waals surface area (Å²) in [5, 5.41) is 3.52. The number of nitrogens with zero attached hydrogens (tertiary/aromatic N) is 2. The van der Waals surface area contributed by atoms with Crippen LogP contribution < -0.4 is 5.32 Å². The third kappa shape index (κ3) is 8.10. The van der Waals surface area contributed by atoms with E-state index < -0.39 is 0 Å². The topological polar surface area (TPSA) is 37.8 Å². The second-order valence-electron chi connectivity index (χ2n) is 6.55. The molecular weight excluding hydrogens is 374 g/mol. The third-order valence-electron chi connectivity index (χ3n) is 4.34. The molecule has 4 heteroatoms. The van der Waals surface area contributed by atoms with E-state index in [0.29, 0.717) is 0 Å². The van der Waals surface area contributed by atoms with Crippen molar-refractivity contribution in [2.45, 2.75) is 64.8 Å². The highest BCUT2D eigenvalue weighted by molar-refractivity contribution is 9.10. The molecule has 0 saturated heterocycles. The van der Waals surface area contributed by atoms with Gasteiger partial charge in [-0.05, 0) is 52.7 Å². The van der Waals surface area contributed by atoms with E-state index in [-0.39, 0.29) is 0 Å². The van der Waals surface area contributed by atoms with Crippen molar-refractivity contribution in [3.05, 3.63) is 46.7 Å². The van der Waals surface area contributed by atoms with Crippen LogP contribution in [0, 0.1) is 0 Å². The van der Waals surface area contributed by atoms with Gasteiger partial charge in [0.15, 0.2) is 0 Å². The van der Waals surface area contributed by atoms with Gasteiger partial charge in [0.05, 0.1) is 11.4 Å². The Kier molecular flexibility index (Phi) is 9.75. The second kappa shape index (κ2) is 12.2. The van der Waals surface area contributed by atoms with Crippen LogP contribution in [0.15, 0.2) is 41.1 Å². The first-order valence-electron chi connectivity index (χ1n) is 9.58. The van der Waals surface area contributed by atoms with E-state index in [1.165, 1.54) is 56.9 Å². The van der Waals surface area contributed by atoms with Crippen LogP contribution in [0.2, 0.25) is 0 Å². The first-order valence-corrected chi connectivity index (χ1v) is 10.4. The summed E-state index contributed by atoms with van der Waals surface area (Å²) in [6.45, 7) is 4.24. The largest absolute Gasteiger partial charge is 0.313 e. The molecule has 136 valence electrons. The Morgan fingerprint density at radius 1 is 0.880 bits per heavy atom. The van der Waals surface area contributed by atoms with Crippen LogP contribution >= 0.6 is 15.9 Å². The molecule has 0 aliphatic heterocycles. The van der Waals surface area contributed by atoms with Gasteiger partial charge in [-0.1, -0.05) is 64.0 Å². The van der Waals surface area contributed by atoms with Crippen molar-refractivity contribution in [1.82, 2.24) is 15.3 Å². The van der Waals surface area contributed by atoms with Gasteiger partial charge in [0, 0.05) is 12.7 Å². The molecule has 0 aliphatic rings. The van der Waals surface area contributed by atoms with Gasteiger partial charge in [0.1, 0.15) is 4.60 Å². The molecule has 0 saturated carbocycles. The fourth-order valence-electron chi connectivity index (χ4n) is 2.85. The standard InChI is InChI=1S/C21H30BrN3/c1-2-3-4-5-6-7-8-9-15-23-16-18-13-14-19(24-17-18)20-11-10-12-21(22)25-20/h10-14,17,23H,2-9,15-16H2,1H3. The summed E-state index contributed by atoms with van der Waals surface area (Å²) in [6.07, 6.45) is 12.9. The fourth-order valence-corrected chi connectivity index (χ4v) is 3.19. The molecule has 0 amide bonds. The van der Waals surface area contributed by atoms with Crippen molar-refractivity contribution in [1.29, 1.82) is 0 Å². The average Bonchev–Trinajstić information content (AvgIpc) is 2.64. The van der Waals surface area contributed by atoms with Crippen LogP contribution in [0.4, 0.5) is 0 Å². The molecule has 0 unspecified atom stereocenters. The normalized spacial score (nSPS) is 11.0. The van der Waals surface area contributed by atoms with E-state index in [9.17, 15) is 0 Å². The third-order valence-corrected chi connectivity index (χ3v) is 4.78. The number of nitrogens with one attached hydrogen (secondary N) is 1. The molecule has 2 rings (SSSR count). The number of pyridine rings is 2. The molecule has 25 heavy (non-hydrogen) atoms. The Hall–Kier alpha value is -1.26. The zero-order valence-electron chi connectivity index (χ0n) is 15.3. The summed E-state index contributed by atoms with van der Waals surface area (Å²) >= 11 is 3.40. The second-order valence-corrected chi connectivity index (χ2v) is 7.36. The number of rotatable bonds is 12. The molecule has 0 spiro atoms. The Bertz CT molecular complexity index is 598. The molecule has 2 aromatic rings. The van der Waals surface area contributed by atoms with Crippen LogP contribution in [-0.2, 0) is 6.54 Å². The fraction of sp³-hybridized carbons (Fsp3) is 0.524. The molecule has 2 aromatic heterocycles. The Labute approximate surface area is 160 Å². The van der Waals surface area contributed by atoms with Gasteiger partial charge < -0.3 is 5.32 Å². The summed E-state index contributed by atoms with van der Waals surface area (Å²) in [5.74, 6) is 0. The van der Waals surface area contributed by atoms with Gasteiger partial charge in [-0.15, -0.1) is 0 Å². The molecule has 1 N–H and O–H groups in total. The van der Waals surface area contributed by atoms with Crippen molar-refractivity contribution < 1.29 is 0 Å². The van der Waals surface area contributed by atoms with Gasteiger partial charge >= 0.3 is 0 Å². The highest BCUT2D eigenvalue weighted by atomic mass is 79.9. The van der Waals surface area contributed by atoms with Gasteiger partial charge in [-0.2, -0.15) is 0 Å². The van der Waals surface area contributed by atoms with E-state index in [1.807, 2.05) is 30.5 Å². The van der Waals surface area contributed by atoms with Crippen molar-refractivity contribution in [2.75, 3.05) is 6.54 Å². The van der Waals surface area contributed by atoms with Crippen LogP contribution in [0.1, 0.15) is 63.9 Å². The SMILES string of the molecule is CCCCCCCCCCNCc1ccc(-c2cccc(Br)n2)nc1. The molecule has 0 fully saturated rings. The maximum atomic E-state index is 4.53. The van der Waals surface area contributed by atoms with Gasteiger partial charge in [0.25, 0.3) is 0 Å². The Morgan fingerprint density at radius 3 is 2.32 bits per heavy atom. The highest BCUT2D eigenvalue weighted by Gasteiger charge is 2.02. The Morgan fingerprint density at radius 2 is 1.64 bits per heavy atom. The predicted octanol–water partition coefficient (Wildman–Crippen LogP) is 6.14. The number of aromatic nitrogens is 2.